The maximum absolute atomic E-state index is 13.0. The normalized spacial score (nSPS) is 23.9. The van der Waals surface area contributed by atoms with Gasteiger partial charge in [-0.25, -0.2) is 13.2 Å². The zero-order valence-electron chi connectivity index (χ0n) is 9.32. The average Bonchev–Trinajstić information content (AvgIpc) is 2.54. The van der Waals surface area contributed by atoms with Crippen molar-refractivity contribution >= 4 is 5.91 Å². The number of benzene rings is 1. The summed E-state index contributed by atoms with van der Waals surface area (Å²) in [6, 6.07) is 1.93. The maximum atomic E-state index is 13.0. The van der Waals surface area contributed by atoms with Crippen molar-refractivity contribution in [1.82, 2.24) is 5.32 Å². The van der Waals surface area contributed by atoms with Crippen molar-refractivity contribution in [3.05, 3.63) is 35.1 Å². The van der Waals surface area contributed by atoms with E-state index < -0.39 is 23.0 Å². The molecule has 1 aromatic rings. The molecule has 0 bridgehead atoms. The van der Waals surface area contributed by atoms with Crippen LogP contribution in [0.5, 0.6) is 0 Å². The molecule has 0 aliphatic carbocycles. The Morgan fingerprint density at radius 1 is 1.29 bits per heavy atom. The highest BCUT2D eigenvalue weighted by Crippen LogP contribution is 2.25. The number of rotatable bonds is 2. The summed E-state index contributed by atoms with van der Waals surface area (Å²) in [5.74, 6) is -3.94. The van der Waals surface area contributed by atoms with Gasteiger partial charge in [0, 0.05) is 12.0 Å². The molecule has 1 saturated heterocycles. The van der Waals surface area contributed by atoms with E-state index >= 15 is 0 Å². The molecule has 0 saturated carbocycles. The molecule has 17 heavy (non-hydrogen) atoms. The number of hydrogen-bond donors (Lipinski definition) is 1. The quantitative estimate of drug-likeness (QED) is 0.793. The topological polar surface area (TPSA) is 29.1 Å². The molecule has 1 amide bonds. The summed E-state index contributed by atoms with van der Waals surface area (Å²) in [6.07, 6.45) is 1.29. The Morgan fingerprint density at radius 3 is 2.35 bits per heavy atom. The first kappa shape index (κ1) is 12.0. The molecular weight excluding hydrogens is 231 g/mol. The molecule has 1 aromatic carbocycles. The summed E-state index contributed by atoms with van der Waals surface area (Å²) in [5.41, 5.74) is -0.167. The molecule has 2 nitrogen and oxygen atoms in total. The number of halogens is 3. The maximum Gasteiger partial charge on any atom is 0.220 e. The van der Waals surface area contributed by atoms with Gasteiger partial charge in [-0.05, 0) is 37.5 Å². The highest BCUT2D eigenvalue weighted by molar-refractivity contribution is 5.79. The molecule has 1 heterocycles. The molecule has 1 aliphatic heterocycles. The number of nitrogens with one attached hydrogen (secondary N) is 1. The van der Waals surface area contributed by atoms with Gasteiger partial charge < -0.3 is 5.32 Å². The molecule has 1 atom stereocenters. The van der Waals surface area contributed by atoms with E-state index in [9.17, 15) is 18.0 Å². The van der Waals surface area contributed by atoms with Gasteiger partial charge in [0.05, 0.1) is 0 Å². The van der Waals surface area contributed by atoms with E-state index in [1.54, 1.807) is 6.92 Å². The third-order valence-corrected chi connectivity index (χ3v) is 2.98. The first-order chi connectivity index (χ1) is 7.89. The molecule has 0 unspecified atom stereocenters. The van der Waals surface area contributed by atoms with Crippen LogP contribution in [0.2, 0.25) is 0 Å². The van der Waals surface area contributed by atoms with Gasteiger partial charge in [-0.3, -0.25) is 4.79 Å². The fraction of sp³-hybridized carbons (Fsp3) is 0.417. The van der Waals surface area contributed by atoms with Gasteiger partial charge in [0.1, 0.15) is 0 Å². The number of carbonyl (C=O) groups is 1. The fourth-order valence-corrected chi connectivity index (χ4v) is 2.14. The van der Waals surface area contributed by atoms with Crippen LogP contribution in [-0.2, 0) is 11.2 Å². The van der Waals surface area contributed by atoms with Crippen molar-refractivity contribution < 1.29 is 18.0 Å². The van der Waals surface area contributed by atoms with E-state index in [-0.39, 0.29) is 12.3 Å². The zero-order chi connectivity index (χ0) is 12.6. The Labute approximate surface area is 96.8 Å². The lowest BCUT2D eigenvalue weighted by Gasteiger charge is -2.24. The molecule has 0 radical (unpaired) electrons. The van der Waals surface area contributed by atoms with E-state index in [4.69, 9.17) is 0 Å². The molecular formula is C12H12F3NO. The fourth-order valence-electron chi connectivity index (χ4n) is 2.14. The van der Waals surface area contributed by atoms with Crippen molar-refractivity contribution in [3.63, 3.8) is 0 Å². The molecule has 1 fully saturated rings. The largest absolute Gasteiger partial charge is 0.351 e. The lowest BCUT2D eigenvalue weighted by molar-refractivity contribution is -0.119. The summed E-state index contributed by atoms with van der Waals surface area (Å²) < 4.78 is 38.8. The van der Waals surface area contributed by atoms with E-state index in [2.05, 4.69) is 5.32 Å². The summed E-state index contributed by atoms with van der Waals surface area (Å²) in [5, 5.41) is 2.75. The second kappa shape index (κ2) is 4.05. The molecule has 92 valence electrons. The van der Waals surface area contributed by atoms with Crippen LogP contribution in [0.1, 0.15) is 25.3 Å². The standard InChI is InChI=1S/C12H12F3NO/c1-12(3-2-10(17)16-12)6-7-4-8(13)11(15)9(14)5-7/h4-5H,2-3,6H2,1H3,(H,16,17)/t12-/m0/s1. The Hall–Kier alpha value is -1.52. The van der Waals surface area contributed by atoms with Gasteiger partial charge in [0.2, 0.25) is 5.91 Å². The zero-order valence-corrected chi connectivity index (χ0v) is 9.32. The Balaban J connectivity index is 2.22. The molecule has 1 aliphatic rings. The van der Waals surface area contributed by atoms with Gasteiger partial charge in [0.15, 0.2) is 17.5 Å². The summed E-state index contributed by atoms with van der Waals surface area (Å²) in [7, 11) is 0. The number of carbonyl (C=O) groups excluding carboxylic acids is 1. The predicted octanol–water partition coefficient (Wildman–Crippen LogP) is 2.32. The monoisotopic (exact) mass is 243 g/mol. The first-order valence-electron chi connectivity index (χ1n) is 5.34. The summed E-state index contributed by atoms with van der Waals surface area (Å²) >= 11 is 0. The van der Waals surface area contributed by atoms with Gasteiger partial charge in [-0.2, -0.15) is 0 Å². The van der Waals surface area contributed by atoms with Crippen LogP contribution in [0.3, 0.4) is 0 Å². The highest BCUT2D eigenvalue weighted by atomic mass is 19.2. The summed E-state index contributed by atoms with van der Waals surface area (Å²) in [4.78, 5) is 11.1. The van der Waals surface area contributed by atoms with Crippen molar-refractivity contribution in [2.75, 3.05) is 0 Å². The molecule has 0 aromatic heterocycles. The van der Waals surface area contributed by atoms with Crippen LogP contribution < -0.4 is 5.32 Å². The van der Waals surface area contributed by atoms with Gasteiger partial charge >= 0.3 is 0 Å². The smallest absolute Gasteiger partial charge is 0.220 e. The minimum atomic E-state index is -1.46. The Morgan fingerprint density at radius 2 is 1.88 bits per heavy atom. The summed E-state index contributed by atoms with van der Waals surface area (Å²) in [6.45, 7) is 1.80. The van der Waals surface area contributed by atoms with E-state index in [0.29, 0.717) is 18.4 Å². The highest BCUT2D eigenvalue weighted by Gasteiger charge is 2.33. The van der Waals surface area contributed by atoms with Gasteiger partial charge in [-0.15, -0.1) is 0 Å². The predicted molar refractivity (Wildman–Crippen MR) is 55.8 cm³/mol. The third kappa shape index (κ3) is 2.43. The SMILES string of the molecule is C[C@@]1(Cc2cc(F)c(F)c(F)c2)CCC(=O)N1. The van der Waals surface area contributed by atoms with E-state index in [1.807, 2.05) is 0 Å². The van der Waals surface area contributed by atoms with E-state index in [1.165, 1.54) is 0 Å². The van der Waals surface area contributed by atoms with Gasteiger partial charge in [0.25, 0.3) is 0 Å². The van der Waals surface area contributed by atoms with Crippen LogP contribution in [0.25, 0.3) is 0 Å². The third-order valence-electron chi connectivity index (χ3n) is 2.98. The molecule has 5 heteroatoms. The lowest BCUT2D eigenvalue weighted by atomic mass is 9.91. The van der Waals surface area contributed by atoms with Crippen LogP contribution in [0.15, 0.2) is 12.1 Å². The van der Waals surface area contributed by atoms with E-state index in [0.717, 1.165) is 12.1 Å². The lowest BCUT2D eigenvalue weighted by Crippen LogP contribution is -2.40. The Kier molecular flexibility index (Phi) is 2.85. The van der Waals surface area contributed by atoms with Crippen molar-refractivity contribution in [3.8, 4) is 0 Å². The average molecular weight is 243 g/mol. The number of amides is 1. The van der Waals surface area contributed by atoms with Crippen LogP contribution in [0, 0.1) is 17.5 Å². The van der Waals surface area contributed by atoms with Crippen LogP contribution in [0.4, 0.5) is 13.2 Å². The molecule has 2 rings (SSSR count). The van der Waals surface area contributed by atoms with Crippen LogP contribution in [-0.4, -0.2) is 11.4 Å². The minimum Gasteiger partial charge on any atom is -0.351 e. The Bertz CT molecular complexity index is 452. The first-order valence-corrected chi connectivity index (χ1v) is 5.34. The molecule has 1 N–H and O–H groups in total. The van der Waals surface area contributed by atoms with Crippen molar-refractivity contribution in [2.45, 2.75) is 31.7 Å². The second-order valence-electron chi connectivity index (χ2n) is 4.66. The minimum absolute atomic E-state index is 0.0736. The number of hydrogen-bond acceptors (Lipinski definition) is 1. The second-order valence-corrected chi connectivity index (χ2v) is 4.66. The van der Waals surface area contributed by atoms with Crippen molar-refractivity contribution in [2.24, 2.45) is 0 Å². The molecule has 0 spiro atoms. The van der Waals surface area contributed by atoms with Crippen molar-refractivity contribution in [1.29, 1.82) is 0 Å². The van der Waals surface area contributed by atoms with Crippen LogP contribution >= 0.6 is 0 Å². The van der Waals surface area contributed by atoms with Gasteiger partial charge in [-0.1, -0.05) is 0 Å².